The summed E-state index contributed by atoms with van der Waals surface area (Å²) in [6.45, 7) is 3.44. The maximum Gasteiger partial charge on any atom is 0.243 e. The van der Waals surface area contributed by atoms with Gasteiger partial charge in [-0.1, -0.05) is 0 Å². The Morgan fingerprint density at radius 1 is 0.688 bits per heavy atom. The molecule has 0 aliphatic carbocycles. The van der Waals surface area contributed by atoms with Gasteiger partial charge in [-0.25, -0.2) is 16.8 Å². The molecule has 0 amide bonds. The Balaban J connectivity index is 1.88. The number of ether oxygens (including phenoxy) is 3. The van der Waals surface area contributed by atoms with Crippen LogP contribution in [0.1, 0.15) is 13.8 Å². The van der Waals surface area contributed by atoms with Crippen molar-refractivity contribution in [2.75, 3.05) is 34.4 Å². The molecule has 1 fully saturated rings. The lowest BCUT2D eigenvalue weighted by Gasteiger charge is -2.42. The van der Waals surface area contributed by atoms with Gasteiger partial charge in [0.25, 0.3) is 0 Å². The van der Waals surface area contributed by atoms with E-state index in [-0.39, 0.29) is 22.9 Å². The Labute approximate surface area is 189 Å². The molecule has 1 aliphatic rings. The molecular formula is C21H28N2O7S2. The lowest BCUT2D eigenvalue weighted by atomic mass is 10.2. The van der Waals surface area contributed by atoms with Gasteiger partial charge in [0.1, 0.15) is 5.75 Å². The topological polar surface area (TPSA) is 102 Å². The molecule has 1 heterocycles. The molecule has 2 aromatic carbocycles. The van der Waals surface area contributed by atoms with Gasteiger partial charge in [-0.05, 0) is 50.2 Å². The van der Waals surface area contributed by atoms with E-state index in [0.29, 0.717) is 17.2 Å². The Morgan fingerprint density at radius 2 is 1.16 bits per heavy atom. The largest absolute Gasteiger partial charge is 0.497 e. The monoisotopic (exact) mass is 484 g/mol. The number of nitrogens with zero attached hydrogens (tertiary/aromatic N) is 2. The summed E-state index contributed by atoms with van der Waals surface area (Å²) in [5.74, 6) is 1.27. The standard InChI is InChI=1S/C21H28N2O7S2/c1-15-14-23(32(26,27)19-10-11-20(29-4)21(12-19)30-5)16(2)13-22(15)31(24,25)18-8-6-17(28-3)7-9-18/h6-12,15-16H,13-14H2,1-5H3. The van der Waals surface area contributed by atoms with Crippen LogP contribution in [-0.4, -0.2) is 71.9 Å². The van der Waals surface area contributed by atoms with E-state index in [1.165, 1.54) is 60.3 Å². The van der Waals surface area contributed by atoms with Crippen LogP contribution in [0, 0.1) is 0 Å². The Morgan fingerprint density at radius 3 is 1.62 bits per heavy atom. The van der Waals surface area contributed by atoms with Gasteiger partial charge in [-0.2, -0.15) is 8.61 Å². The summed E-state index contributed by atoms with van der Waals surface area (Å²) in [7, 11) is -3.28. The first-order valence-corrected chi connectivity index (χ1v) is 12.8. The van der Waals surface area contributed by atoms with Crippen LogP contribution >= 0.6 is 0 Å². The first-order chi connectivity index (χ1) is 15.1. The fourth-order valence-corrected chi connectivity index (χ4v) is 7.15. The van der Waals surface area contributed by atoms with Crippen molar-refractivity contribution in [2.45, 2.75) is 35.7 Å². The van der Waals surface area contributed by atoms with Crippen molar-refractivity contribution in [2.24, 2.45) is 0 Å². The molecule has 0 aromatic heterocycles. The number of methoxy groups -OCH3 is 3. The highest BCUT2D eigenvalue weighted by atomic mass is 32.2. The number of sulfonamides is 2. The molecule has 0 bridgehead atoms. The Hall–Kier alpha value is -2.34. The first-order valence-electron chi connectivity index (χ1n) is 9.96. The fraction of sp³-hybridized carbons (Fsp3) is 0.429. The number of hydrogen-bond acceptors (Lipinski definition) is 7. The summed E-state index contributed by atoms with van der Waals surface area (Å²) < 4.78 is 71.3. The Kier molecular flexibility index (Phi) is 7.03. The van der Waals surface area contributed by atoms with Gasteiger partial charge in [-0.3, -0.25) is 0 Å². The minimum Gasteiger partial charge on any atom is -0.497 e. The zero-order chi connectivity index (χ0) is 23.7. The molecule has 176 valence electrons. The zero-order valence-corrected chi connectivity index (χ0v) is 20.3. The van der Waals surface area contributed by atoms with Gasteiger partial charge < -0.3 is 14.2 Å². The van der Waals surface area contributed by atoms with Crippen LogP contribution in [0.2, 0.25) is 0 Å². The van der Waals surface area contributed by atoms with E-state index in [1.807, 2.05) is 0 Å². The summed E-state index contributed by atoms with van der Waals surface area (Å²) in [6.07, 6.45) is 0. The normalized spacial score (nSPS) is 20.7. The molecule has 32 heavy (non-hydrogen) atoms. The molecule has 1 saturated heterocycles. The van der Waals surface area contributed by atoms with Crippen LogP contribution < -0.4 is 14.2 Å². The van der Waals surface area contributed by atoms with Gasteiger partial charge in [0.15, 0.2) is 11.5 Å². The molecule has 3 rings (SSSR count). The second-order valence-corrected chi connectivity index (χ2v) is 11.3. The van der Waals surface area contributed by atoms with Gasteiger partial charge in [-0.15, -0.1) is 0 Å². The van der Waals surface area contributed by atoms with Crippen molar-refractivity contribution in [3.8, 4) is 17.2 Å². The smallest absolute Gasteiger partial charge is 0.243 e. The highest BCUT2D eigenvalue weighted by molar-refractivity contribution is 7.89. The molecule has 2 aromatic rings. The van der Waals surface area contributed by atoms with Crippen molar-refractivity contribution >= 4 is 20.0 Å². The van der Waals surface area contributed by atoms with Gasteiger partial charge in [0.05, 0.1) is 31.1 Å². The second-order valence-electron chi connectivity index (χ2n) is 7.54. The maximum absolute atomic E-state index is 13.4. The SMILES string of the molecule is COc1ccc(S(=O)(=O)N2CC(C)N(S(=O)(=O)c3ccc(OC)c(OC)c3)CC2C)cc1. The second kappa shape index (κ2) is 9.26. The van der Waals surface area contributed by atoms with Gasteiger partial charge in [0.2, 0.25) is 20.0 Å². The molecule has 0 saturated carbocycles. The average molecular weight is 485 g/mol. The van der Waals surface area contributed by atoms with Crippen LogP contribution in [0.25, 0.3) is 0 Å². The fourth-order valence-electron chi connectivity index (χ4n) is 3.73. The summed E-state index contributed by atoms with van der Waals surface area (Å²) in [5, 5.41) is 0. The van der Waals surface area contributed by atoms with Crippen molar-refractivity contribution in [3.63, 3.8) is 0 Å². The quantitative estimate of drug-likeness (QED) is 0.594. The molecule has 0 spiro atoms. The number of piperazine rings is 1. The van der Waals surface area contributed by atoms with Crippen LogP contribution in [0.5, 0.6) is 17.2 Å². The lowest BCUT2D eigenvalue weighted by Crippen LogP contribution is -2.59. The number of hydrogen-bond donors (Lipinski definition) is 0. The van der Waals surface area contributed by atoms with E-state index in [0.717, 1.165) is 0 Å². The van der Waals surface area contributed by atoms with Gasteiger partial charge >= 0.3 is 0 Å². The van der Waals surface area contributed by atoms with E-state index < -0.39 is 32.1 Å². The molecule has 2 atom stereocenters. The van der Waals surface area contributed by atoms with Crippen molar-refractivity contribution in [3.05, 3.63) is 42.5 Å². The van der Waals surface area contributed by atoms with E-state index in [2.05, 4.69) is 0 Å². The third-order valence-corrected chi connectivity index (χ3v) is 9.47. The van der Waals surface area contributed by atoms with Crippen molar-refractivity contribution in [1.82, 2.24) is 8.61 Å². The zero-order valence-electron chi connectivity index (χ0n) is 18.7. The van der Waals surface area contributed by atoms with E-state index in [1.54, 1.807) is 26.0 Å². The van der Waals surface area contributed by atoms with Crippen molar-refractivity contribution in [1.29, 1.82) is 0 Å². The minimum atomic E-state index is -3.88. The van der Waals surface area contributed by atoms with Crippen LogP contribution in [0.4, 0.5) is 0 Å². The summed E-state index contributed by atoms with van der Waals surface area (Å²) in [4.78, 5) is 0.189. The molecule has 0 N–H and O–H groups in total. The number of benzene rings is 2. The molecule has 2 unspecified atom stereocenters. The number of rotatable bonds is 7. The molecule has 1 aliphatic heterocycles. The maximum atomic E-state index is 13.4. The predicted molar refractivity (Wildman–Crippen MR) is 119 cm³/mol. The highest BCUT2D eigenvalue weighted by Gasteiger charge is 2.42. The van der Waals surface area contributed by atoms with E-state index in [4.69, 9.17) is 14.2 Å². The van der Waals surface area contributed by atoms with Crippen LogP contribution in [-0.2, 0) is 20.0 Å². The summed E-state index contributed by atoms with van der Waals surface area (Å²) in [5.41, 5.74) is 0. The Bertz CT molecular complexity index is 1170. The molecule has 0 radical (unpaired) electrons. The average Bonchev–Trinajstić information content (AvgIpc) is 2.79. The third kappa shape index (κ3) is 4.42. The summed E-state index contributed by atoms with van der Waals surface area (Å²) in [6, 6.07) is 9.39. The van der Waals surface area contributed by atoms with Crippen LogP contribution in [0.15, 0.2) is 52.3 Å². The van der Waals surface area contributed by atoms with E-state index >= 15 is 0 Å². The van der Waals surface area contributed by atoms with Crippen molar-refractivity contribution < 1.29 is 31.0 Å². The van der Waals surface area contributed by atoms with Crippen LogP contribution in [0.3, 0.4) is 0 Å². The minimum absolute atomic E-state index is 0.0211. The van der Waals surface area contributed by atoms with Gasteiger partial charge in [0, 0.05) is 31.2 Å². The summed E-state index contributed by atoms with van der Waals surface area (Å²) >= 11 is 0. The molecular weight excluding hydrogens is 456 g/mol. The lowest BCUT2D eigenvalue weighted by molar-refractivity contribution is 0.163. The highest BCUT2D eigenvalue weighted by Crippen LogP contribution is 2.33. The third-order valence-electron chi connectivity index (χ3n) is 5.50. The molecule has 11 heteroatoms. The van der Waals surface area contributed by atoms with E-state index in [9.17, 15) is 16.8 Å². The predicted octanol–water partition coefficient (Wildman–Crippen LogP) is 2.18. The first kappa shape index (κ1) is 24.3. The molecule has 9 nitrogen and oxygen atoms in total.